The van der Waals surface area contributed by atoms with Gasteiger partial charge in [-0.2, -0.15) is 15.0 Å². The standard InChI is InChI=1S/C25H18Cl2N4O3/c26-19-2-1-3-20(27)21(19)34-25-30-22(16-8-6-15(7-9-16)14-4-5-14)29-24(31-25)28-18-12-10-17(11-13-18)23(32)33/h1-3,6-14H,4-5H2,(H,32,33)(H,28,29,30,31). The average molecular weight is 493 g/mol. The van der Waals surface area contributed by atoms with Crippen molar-refractivity contribution < 1.29 is 14.6 Å². The minimum Gasteiger partial charge on any atom is -0.478 e. The van der Waals surface area contributed by atoms with Crippen LogP contribution in [0.4, 0.5) is 11.6 Å². The van der Waals surface area contributed by atoms with Gasteiger partial charge in [0.1, 0.15) is 0 Å². The molecule has 4 aromatic rings. The summed E-state index contributed by atoms with van der Waals surface area (Å²) in [5.41, 5.74) is 2.88. The molecule has 0 amide bonds. The van der Waals surface area contributed by atoms with Gasteiger partial charge in [-0.3, -0.25) is 0 Å². The monoisotopic (exact) mass is 492 g/mol. The maximum Gasteiger partial charge on any atom is 0.335 e. The smallest absolute Gasteiger partial charge is 0.335 e. The van der Waals surface area contributed by atoms with E-state index in [1.807, 2.05) is 12.1 Å². The molecule has 1 aliphatic carbocycles. The number of carbonyl (C=O) groups is 1. The number of benzene rings is 3. The lowest BCUT2D eigenvalue weighted by atomic mass is 10.1. The van der Waals surface area contributed by atoms with Crippen LogP contribution in [0.2, 0.25) is 10.0 Å². The largest absolute Gasteiger partial charge is 0.478 e. The van der Waals surface area contributed by atoms with Crippen LogP contribution in [0.5, 0.6) is 11.8 Å². The van der Waals surface area contributed by atoms with Gasteiger partial charge >= 0.3 is 12.0 Å². The summed E-state index contributed by atoms with van der Waals surface area (Å²) in [5.74, 6) is 0.497. The van der Waals surface area contributed by atoms with Crippen molar-refractivity contribution in [3.05, 3.63) is 87.9 Å². The van der Waals surface area contributed by atoms with Crippen molar-refractivity contribution in [1.29, 1.82) is 0 Å². The van der Waals surface area contributed by atoms with Crippen molar-refractivity contribution in [2.75, 3.05) is 5.32 Å². The number of carboxylic acids is 1. The summed E-state index contributed by atoms with van der Waals surface area (Å²) in [5, 5.41) is 12.8. The molecule has 1 aliphatic rings. The maximum atomic E-state index is 11.1. The Morgan fingerprint density at radius 2 is 1.59 bits per heavy atom. The highest BCUT2D eigenvalue weighted by molar-refractivity contribution is 6.37. The Kier molecular flexibility index (Phi) is 6.04. The third kappa shape index (κ3) is 4.95. The Bertz CT molecular complexity index is 1340. The van der Waals surface area contributed by atoms with Crippen LogP contribution in [0.1, 0.15) is 34.7 Å². The van der Waals surface area contributed by atoms with E-state index in [2.05, 4.69) is 32.4 Å². The molecule has 170 valence electrons. The average Bonchev–Trinajstić information content (AvgIpc) is 3.68. The van der Waals surface area contributed by atoms with Gasteiger partial charge in [0.05, 0.1) is 15.6 Å². The summed E-state index contributed by atoms with van der Waals surface area (Å²) < 4.78 is 5.86. The predicted molar refractivity (Wildman–Crippen MR) is 130 cm³/mol. The topological polar surface area (TPSA) is 97.2 Å². The number of anilines is 2. The maximum absolute atomic E-state index is 11.1. The molecule has 5 rings (SSSR count). The highest BCUT2D eigenvalue weighted by Crippen LogP contribution is 2.40. The molecule has 0 atom stereocenters. The number of para-hydroxylation sites is 1. The number of ether oxygens (including phenoxy) is 1. The van der Waals surface area contributed by atoms with Crippen molar-refractivity contribution in [2.24, 2.45) is 0 Å². The zero-order valence-corrected chi connectivity index (χ0v) is 19.2. The van der Waals surface area contributed by atoms with Gasteiger partial charge in [-0.15, -0.1) is 0 Å². The van der Waals surface area contributed by atoms with Gasteiger partial charge in [0.15, 0.2) is 11.6 Å². The van der Waals surface area contributed by atoms with E-state index >= 15 is 0 Å². The molecular formula is C25H18Cl2N4O3. The van der Waals surface area contributed by atoms with Crippen molar-refractivity contribution in [3.63, 3.8) is 0 Å². The molecule has 3 aromatic carbocycles. The number of rotatable bonds is 7. The number of hydrogen-bond acceptors (Lipinski definition) is 6. The molecule has 7 nitrogen and oxygen atoms in total. The lowest BCUT2D eigenvalue weighted by molar-refractivity contribution is 0.0697. The first-order valence-electron chi connectivity index (χ1n) is 10.5. The molecule has 0 saturated heterocycles. The van der Waals surface area contributed by atoms with Crippen LogP contribution in [0.3, 0.4) is 0 Å². The molecule has 0 spiro atoms. The van der Waals surface area contributed by atoms with Crippen LogP contribution >= 0.6 is 23.2 Å². The number of aromatic carboxylic acids is 1. The van der Waals surface area contributed by atoms with Crippen LogP contribution in [-0.2, 0) is 0 Å². The quantitative estimate of drug-likeness (QED) is 0.287. The van der Waals surface area contributed by atoms with E-state index < -0.39 is 5.97 Å². The summed E-state index contributed by atoms with van der Waals surface area (Å²) >= 11 is 12.5. The number of hydrogen-bond donors (Lipinski definition) is 2. The summed E-state index contributed by atoms with van der Waals surface area (Å²) in [7, 11) is 0. The molecule has 0 bridgehead atoms. The van der Waals surface area contributed by atoms with Gasteiger partial charge in [-0.1, -0.05) is 53.5 Å². The number of nitrogens with one attached hydrogen (secondary N) is 1. The highest BCUT2D eigenvalue weighted by atomic mass is 35.5. The van der Waals surface area contributed by atoms with Crippen molar-refractivity contribution >= 4 is 40.8 Å². The third-order valence-corrected chi connectivity index (χ3v) is 5.93. The van der Waals surface area contributed by atoms with E-state index in [0.717, 1.165) is 5.56 Å². The Balaban J connectivity index is 1.50. The van der Waals surface area contributed by atoms with Gasteiger partial charge in [0.25, 0.3) is 0 Å². The Labute approximate surface area is 205 Å². The molecule has 1 aromatic heterocycles. The van der Waals surface area contributed by atoms with E-state index in [1.165, 1.54) is 30.5 Å². The van der Waals surface area contributed by atoms with Gasteiger partial charge in [0.2, 0.25) is 5.95 Å². The molecular weight excluding hydrogens is 475 g/mol. The normalized spacial score (nSPS) is 12.9. The summed E-state index contributed by atoms with van der Waals surface area (Å²) in [6.07, 6.45) is 2.44. The molecule has 0 aliphatic heterocycles. The molecule has 1 fully saturated rings. The molecule has 1 saturated carbocycles. The van der Waals surface area contributed by atoms with Crippen LogP contribution < -0.4 is 10.1 Å². The zero-order chi connectivity index (χ0) is 23.7. The highest BCUT2D eigenvalue weighted by Gasteiger charge is 2.23. The fraction of sp³-hybridized carbons (Fsp3) is 0.120. The van der Waals surface area contributed by atoms with E-state index in [0.29, 0.717) is 27.5 Å². The second-order valence-electron chi connectivity index (χ2n) is 7.82. The summed E-state index contributed by atoms with van der Waals surface area (Å²) in [4.78, 5) is 24.5. The molecule has 2 N–H and O–H groups in total. The summed E-state index contributed by atoms with van der Waals surface area (Å²) in [6, 6.07) is 19.4. The van der Waals surface area contributed by atoms with Crippen molar-refractivity contribution in [3.8, 4) is 23.1 Å². The number of halogens is 2. The first-order valence-corrected chi connectivity index (χ1v) is 11.3. The van der Waals surface area contributed by atoms with E-state index in [-0.39, 0.29) is 23.3 Å². The van der Waals surface area contributed by atoms with Gasteiger partial charge in [0, 0.05) is 11.3 Å². The molecule has 34 heavy (non-hydrogen) atoms. The van der Waals surface area contributed by atoms with Gasteiger partial charge < -0.3 is 15.2 Å². The first-order chi connectivity index (χ1) is 16.5. The Morgan fingerprint density at radius 1 is 0.912 bits per heavy atom. The molecule has 0 unspecified atom stereocenters. The van der Waals surface area contributed by atoms with Crippen LogP contribution in [0.25, 0.3) is 11.4 Å². The third-order valence-electron chi connectivity index (χ3n) is 5.33. The van der Waals surface area contributed by atoms with E-state index in [1.54, 1.807) is 30.3 Å². The minimum absolute atomic E-state index is 0.0101. The van der Waals surface area contributed by atoms with Crippen LogP contribution in [0.15, 0.2) is 66.7 Å². The number of carboxylic acid groups (broad SMARTS) is 1. The van der Waals surface area contributed by atoms with Gasteiger partial charge in [-0.25, -0.2) is 4.79 Å². The number of nitrogens with zero attached hydrogens (tertiary/aromatic N) is 3. The van der Waals surface area contributed by atoms with E-state index in [4.69, 9.17) is 33.0 Å². The van der Waals surface area contributed by atoms with Crippen molar-refractivity contribution in [1.82, 2.24) is 15.0 Å². The lowest BCUT2D eigenvalue weighted by Gasteiger charge is -2.12. The van der Waals surface area contributed by atoms with Crippen molar-refractivity contribution in [2.45, 2.75) is 18.8 Å². The summed E-state index contributed by atoms with van der Waals surface area (Å²) in [6.45, 7) is 0. The fourth-order valence-corrected chi connectivity index (χ4v) is 3.88. The number of aromatic nitrogens is 3. The Morgan fingerprint density at radius 3 is 2.21 bits per heavy atom. The SMILES string of the molecule is O=C(O)c1ccc(Nc2nc(Oc3c(Cl)cccc3Cl)nc(-c3ccc(C4CC4)cc3)n2)cc1. The minimum atomic E-state index is -1.00. The second-order valence-corrected chi connectivity index (χ2v) is 8.64. The van der Waals surface area contributed by atoms with Crippen LogP contribution in [-0.4, -0.2) is 26.0 Å². The Hall–Kier alpha value is -3.68. The van der Waals surface area contributed by atoms with Gasteiger partial charge in [-0.05, 0) is 60.7 Å². The fourth-order valence-electron chi connectivity index (χ4n) is 3.40. The zero-order valence-electron chi connectivity index (χ0n) is 17.7. The van der Waals surface area contributed by atoms with E-state index in [9.17, 15) is 4.79 Å². The molecule has 9 heteroatoms. The second kappa shape index (κ2) is 9.29. The molecule has 1 heterocycles. The van der Waals surface area contributed by atoms with Crippen LogP contribution in [0, 0.1) is 0 Å². The molecule has 0 radical (unpaired) electrons. The lowest BCUT2D eigenvalue weighted by Crippen LogP contribution is -2.04. The predicted octanol–water partition coefficient (Wildman–Crippen LogP) is 6.96. The first kappa shape index (κ1) is 22.1.